The summed E-state index contributed by atoms with van der Waals surface area (Å²) < 4.78 is 0. The zero-order valence-electron chi connectivity index (χ0n) is 16.1. The van der Waals surface area contributed by atoms with Crippen LogP contribution in [0.15, 0.2) is 84.9 Å². The molecule has 0 spiro atoms. The van der Waals surface area contributed by atoms with Gasteiger partial charge in [0.25, 0.3) is 0 Å². The second-order valence-corrected chi connectivity index (χ2v) is 7.55. The molecule has 3 aromatic rings. The van der Waals surface area contributed by atoms with Gasteiger partial charge in [0.05, 0.1) is 6.04 Å². The molecule has 1 amide bonds. The van der Waals surface area contributed by atoms with Gasteiger partial charge in [-0.05, 0) is 36.5 Å². The Kier molecular flexibility index (Phi) is 5.54. The average molecular weight is 370 g/mol. The molecule has 3 heteroatoms. The lowest BCUT2D eigenvalue weighted by molar-refractivity contribution is -0.123. The van der Waals surface area contributed by atoms with Crippen LogP contribution < -0.4 is 10.6 Å². The van der Waals surface area contributed by atoms with Crippen LogP contribution in [-0.2, 0) is 4.79 Å². The Balaban J connectivity index is 1.69. The minimum Gasteiger partial charge on any atom is -0.352 e. The van der Waals surface area contributed by atoms with E-state index in [1.54, 1.807) is 0 Å². The molecule has 1 aliphatic rings. The summed E-state index contributed by atoms with van der Waals surface area (Å²) in [6, 6.07) is 28.7. The van der Waals surface area contributed by atoms with Gasteiger partial charge in [0, 0.05) is 6.04 Å². The number of aryl methyl sites for hydroxylation is 1. The maximum Gasteiger partial charge on any atom is 0.241 e. The van der Waals surface area contributed by atoms with E-state index in [9.17, 15) is 4.79 Å². The molecule has 0 radical (unpaired) electrons. The van der Waals surface area contributed by atoms with E-state index in [0.717, 1.165) is 29.5 Å². The van der Waals surface area contributed by atoms with Crippen molar-refractivity contribution in [2.45, 2.75) is 37.9 Å². The fourth-order valence-corrected chi connectivity index (χ4v) is 3.44. The van der Waals surface area contributed by atoms with Crippen LogP contribution in [0.1, 0.15) is 47.2 Å². The highest BCUT2D eigenvalue weighted by molar-refractivity contribution is 5.83. The molecule has 0 bridgehead atoms. The molecule has 142 valence electrons. The number of carbonyl (C=O) groups is 1. The molecule has 0 aliphatic heterocycles. The molecule has 3 nitrogen and oxygen atoms in total. The number of benzene rings is 3. The summed E-state index contributed by atoms with van der Waals surface area (Å²) in [5, 5.41) is 6.81. The Labute approximate surface area is 166 Å². The summed E-state index contributed by atoms with van der Waals surface area (Å²) in [4.78, 5) is 13.1. The van der Waals surface area contributed by atoms with Gasteiger partial charge >= 0.3 is 0 Å². The minimum atomic E-state index is -0.409. The summed E-state index contributed by atoms with van der Waals surface area (Å²) in [7, 11) is 0. The summed E-state index contributed by atoms with van der Waals surface area (Å²) in [5.41, 5.74) is 4.50. The van der Waals surface area contributed by atoms with Crippen LogP contribution in [0.4, 0.5) is 0 Å². The highest BCUT2D eigenvalue weighted by atomic mass is 16.2. The van der Waals surface area contributed by atoms with E-state index in [-0.39, 0.29) is 11.9 Å². The molecule has 1 saturated carbocycles. The van der Waals surface area contributed by atoms with E-state index in [2.05, 4.69) is 54.0 Å². The summed E-state index contributed by atoms with van der Waals surface area (Å²) in [6.07, 6.45) is 2.15. The molecule has 3 aromatic carbocycles. The highest BCUT2D eigenvalue weighted by Gasteiger charge is 2.30. The number of hydrogen-bond donors (Lipinski definition) is 2. The number of hydrogen-bond acceptors (Lipinski definition) is 2. The third-order valence-electron chi connectivity index (χ3n) is 5.20. The van der Waals surface area contributed by atoms with Crippen molar-refractivity contribution in [3.05, 3.63) is 107 Å². The van der Waals surface area contributed by atoms with Crippen molar-refractivity contribution < 1.29 is 4.79 Å². The Bertz CT molecular complexity index is 902. The van der Waals surface area contributed by atoms with E-state index in [1.807, 2.05) is 48.5 Å². The number of carbonyl (C=O) groups excluding carboxylic acids is 1. The number of rotatable bonds is 7. The van der Waals surface area contributed by atoms with Gasteiger partial charge in [0.2, 0.25) is 5.91 Å². The molecule has 1 aliphatic carbocycles. The van der Waals surface area contributed by atoms with Gasteiger partial charge in [-0.2, -0.15) is 0 Å². The quantitative estimate of drug-likeness (QED) is 0.633. The van der Waals surface area contributed by atoms with Crippen LogP contribution >= 0.6 is 0 Å². The fraction of sp³-hybridized carbons (Fsp3) is 0.240. The van der Waals surface area contributed by atoms with Crippen LogP contribution in [0.5, 0.6) is 0 Å². The lowest BCUT2D eigenvalue weighted by atomic mass is 9.95. The molecule has 4 rings (SSSR count). The first kappa shape index (κ1) is 18.5. The highest BCUT2D eigenvalue weighted by Crippen LogP contribution is 2.28. The smallest absolute Gasteiger partial charge is 0.241 e. The number of nitrogens with one attached hydrogen (secondary N) is 2. The van der Waals surface area contributed by atoms with Crippen LogP contribution in [0.25, 0.3) is 0 Å². The molecule has 0 unspecified atom stereocenters. The molecule has 0 aromatic heterocycles. The fourth-order valence-electron chi connectivity index (χ4n) is 3.44. The van der Waals surface area contributed by atoms with Crippen molar-refractivity contribution in [3.63, 3.8) is 0 Å². The van der Waals surface area contributed by atoms with Gasteiger partial charge in [-0.25, -0.2) is 0 Å². The molecule has 2 atom stereocenters. The zero-order valence-corrected chi connectivity index (χ0v) is 16.1. The summed E-state index contributed by atoms with van der Waals surface area (Å²) in [5.74, 6) is 0.0433. The van der Waals surface area contributed by atoms with Gasteiger partial charge < -0.3 is 5.32 Å². The molecule has 0 heterocycles. The predicted molar refractivity (Wildman–Crippen MR) is 113 cm³/mol. The second-order valence-electron chi connectivity index (χ2n) is 7.55. The molecule has 2 N–H and O–H groups in total. The second kappa shape index (κ2) is 8.41. The minimum absolute atomic E-state index is 0.0433. The Morgan fingerprint density at radius 2 is 1.32 bits per heavy atom. The molecule has 0 saturated heterocycles. The van der Waals surface area contributed by atoms with Crippen LogP contribution in [0, 0.1) is 6.92 Å². The molecule has 1 fully saturated rings. The van der Waals surface area contributed by atoms with Gasteiger partial charge in [0.15, 0.2) is 0 Å². The van der Waals surface area contributed by atoms with Crippen molar-refractivity contribution in [2.75, 3.05) is 0 Å². The topological polar surface area (TPSA) is 41.1 Å². The van der Waals surface area contributed by atoms with E-state index < -0.39 is 6.04 Å². The Morgan fingerprint density at radius 3 is 1.89 bits per heavy atom. The molecular weight excluding hydrogens is 344 g/mol. The Morgan fingerprint density at radius 1 is 0.786 bits per heavy atom. The maximum atomic E-state index is 13.1. The van der Waals surface area contributed by atoms with Crippen LogP contribution in [-0.4, -0.2) is 11.9 Å². The van der Waals surface area contributed by atoms with E-state index >= 15 is 0 Å². The van der Waals surface area contributed by atoms with Gasteiger partial charge in [-0.1, -0.05) is 90.5 Å². The van der Waals surface area contributed by atoms with E-state index in [4.69, 9.17) is 0 Å². The Hall–Kier alpha value is -2.91. The zero-order chi connectivity index (χ0) is 19.3. The van der Waals surface area contributed by atoms with Gasteiger partial charge in [-0.15, -0.1) is 0 Å². The van der Waals surface area contributed by atoms with Crippen molar-refractivity contribution in [3.8, 4) is 0 Å². The maximum absolute atomic E-state index is 13.1. The molecule has 28 heavy (non-hydrogen) atoms. The summed E-state index contributed by atoms with van der Waals surface area (Å²) in [6.45, 7) is 2.09. The largest absolute Gasteiger partial charge is 0.352 e. The van der Waals surface area contributed by atoms with Gasteiger partial charge in [0.1, 0.15) is 6.04 Å². The predicted octanol–water partition coefficient (Wildman–Crippen LogP) is 4.69. The first-order chi connectivity index (χ1) is 13.7. The van der Waals surface area contributed by atoms with Crippen molar-refractivity contribution in [1.82, 2.24) is 10.6 Å². The first-order valence-corrected chi connectivity index (χ1v) is 9.93. The van der Waals surface area contributed by atoms with Crippen LogP contribution in [0.3, 0.4) is 0 Å². The average Bonchev–Trinajstić information content (AvgIpc) is 3.55. The van der Waals surface area contributed by atoms with Crippen molar-refractivity contribution in [1.29, 1.82) is 0 Å². The lowest BCUT2D eigenvalue weighted by Gasteiger charge is -2.27. The number of amides is 1. The monoisotopic (exact) mass is 370 g/mol. The summed E-state index contributed by atoms with van der Waals surface area (Å²) >= 11 is 0. The van der Waals surface area contributed by atoms with Crippen molar-refractivity contribution >= 4 is 5.91 Å². The van der Waals surface area contributed by atoms with Crippen LogP contribution in [0.2, 0.25) is 0 Å². The van der Waals surface area contributed by atoms with Crippen molar-refractivity contribution in [2.24, 2.45) is 0 Å². The van der Waals surface area contributed by atoms with E-state index in [0.29, 0.717) is 6.04 Å². The lowest BCUT2D eigenvalue weighted by Crippen LogP contribution is -2.40. The van der Waals surface area contributed by atoms with E-state index in [1.165, 1.54) is 5.56 Å². The third kappa shape index (κ3) is 4.49. The standard InChI is InChI=1S/C25H26N2O/c1-18-12-14-21(15-13-18)23(19-8-4-2-5-9-19)27-24(20-10-6-3-7-11-20)25(28)26-22-16-17-22/h2-15,22-24,27H,16-17H2,1H3,(H,26,28)/t23-,24+/m1/s1. The molecular formula is C25H26N2O. The third-order valence-corrected chi connectivity index (χ3v) is 5.20. The SMILES string of the molecule is Cc1ccc([C@H](N[C@H](C(=O)NC2CC2)c2ccccc2)c2ccccc2)cc1. The van der Waals surface area contributed by atoms with Gasteiger partial charge in [-0.3, -0.25) is 10.1 Å². The normalized spacial score (nSPS) is 15.6. The first-order valence-electron chi connectivity index (χ1n) is 9.93.